The first kappa shape index (κ1) is 20.9. The number of hydrogen-bond donors (Lipinski definition) is 2. The van der Waals surface area contributed by atoms with Crippen LogP contribution < -0.4 is 10.6 Å². The van der Waals surface area contributed by atoms with Gasteiger partial charge in [-0.3, -0.25) is 19.3 Å². The van der Waals surface area contributed by atoms with Gasteiger partial charge in [0.2, 0.25) is 17.7 Å². The second kappa shape index (κ2) is 10.7. The lowest BCUT2D eigenvalue weighted by molar-refractivity contribution is -0.136. The Hall–Kier alpha value is -2.12. The summed E-state index contributed by atoms with van der Waals surface area (Å²) in [6, 6.07) is 6.94. The highest BCUT2D eigenvalue weighted by Crippen LogP contribution is 2.20. The Morgan fingerprint density at radius 3 is 2.32 bits per heavy atom. The number of nitrogens with zero attached hydrogens (tertiary/aromatic N) is 2. The van der Waals surface area contributed by atoms with Gasteiger partial charge in [-0.15, -0.1) is 0 Å². The van der Waals surface area contributed by atoms with Gasteiger partial charge in [-0.2, -0.15) is 0 Å². The molecule has 1 aromatic rings. The van der Waals surface area contributed by atoms with Crippen molar-refractivity contribution in [3.05, 3.63) is 29.3 Å². The summed E-state index contributed by atoms with van der Waals surface area (Å²) in [5.41, 5.74) is 0.528. The number of hydrogen-bond acceptors (Lipinski definition) is 4. The maximum atomic E-state index is 12.3. The van der Waals surface area contributed by atoms with Gasteiger partial charge in [-0.1, -0.05) is 23.7 Å². The van der Waals surface area contributed by atoms with Crippen LogP contribution in [0.4, 0.5) is 5.69 Å². The monoisotopic (exact) mass is 368 g/mol. The molecule has 0 atom stereocenters. The molecule has 8 heteroatoms. The Kier molecular flexibility index (Phi) is 8.94. The van der Waals surface area contributed by atoms with Crippen molar-refractivity contribution in [3.63, 3.8) is 0 Å². The highest BCUT2D eigenvalue weighted by Gasteiger charge is 2.18. The van der Waals surface area contributed by atoms with Crippen LogP contribution in [-0.2, 0) is 14.4 Å². The van der Waals surface area contributed by atoms with Gasteiger partial charge in [-0.05, 0) is 33.0 Å². The predicted molar refractivity (Wildman–Crippen MR) is 98.5 cm³/mol. The zero-order chi connectivity index (χ0) is 18.8. The van der Waals surface area contributed by atoms with Crippen molar-refractivity contribution in [2.24, 2.45) is 0 Å². The fourth-order valence-corrected chi connectivity index (χ4v) is 2.37. The first-order chi connectivity index (χ1) is 11.9. The molecule has 25 heavy (non-hydrogen) atoms. The van der Waals surface area contributed by atoms with Crippen LogP contribution in [0.3, 0.4) is 0 Å². The molecule has 0 saturated carbocycles. The fourth-order valence-electron chi connectivity index (χ4n) is 2.19. The van der Waals surface area contributed by atoms with E-state index in [2.05, 4.69) is 10.6 Å². The van der Waals surface area contributed by atoms with Crippen LogP contribution >= 0.6 is 11.6 Å². The van der Waals surface area contributed by atoms with E-state index in [0.717, 1.165) is 0 Å². The Balaban J connectivity index is 2.49. The first-order valence-electron chi connectivity index (χ1n) is 8.14. The molecule has 138 valence electrons. The number of amides is 3. The van der Waals surface area contributed by atoms with Gasteiger partial charge in [0, 0.05) is 13.1 Å². The van der Waals surface area contributed by atoms with Crippen molar-refractivity contribution in [3.8, 4) is 0 Å². The Labute approximate surface area is 153 Å². The Morgan fingerprint density at radius 1 is 1.04 bits per heavy atom. The SMILES string of the molecule is CCNC(=O)CN(CC)C(=O)CN(C)CC(=O)Nc1ccccc1Cl. The molecule has 0 heterocycles. The average Bonchev–Trinajstić information content (AvgIpc) is 2.54. The molecule has 2 N–H and O–H groups in total. The minimum Gasteiger partial charge on any atom is -0.355 e. The van der Waals surface area contributed by atoms with Crippen LogP contribution in [0.15, 0.2) is 24.3 Å². The molecular formula is C17H25ClN4O3. The van der Waals surface area contributed by atoms with E-state index < -0.39 is 0 Å². The minimum absolute atomic E-state index is 0.0167. The molecule has 0 saturated heterocycles. The molecule has 0 aromatic heterocycles. The first-order valence-corrected chi connectivity index (χ1v) is 8.52. The largest absolute Gasteiger partial charge is 0.355 e. The third-order valence-electron chi connectivity index (χ3n) is 3.41. The Bertz CT molecular complexity index is 609. The summed E-state index contributed by atoms with van der Waals surface area (Å²) >= 11 is 6.00. The van der Waals surface area contributed by atoms with Crippen molar-refractivity contribution < 1.29 is 14.4 Å². The number of para-hydroxylation sites is 1. The summed E-state index contributed by atoms with van der Waals surface area (Å²) in [6.45, 7) is 4.67. The van der Waals surface area contributed by atoms with Crippen molar-refractivity contribution >= 4 is 35.0 Å². The highest BCUT2D eigenvalue weighted by atomic mass is 35.5. The topological polar surface area (TPSA) is 81.8 Å². The third-order valence-corrected chi connectivity index (χ3v) is 3.74. The lowest BCUT2D eigenvalue weighted by Gasteiger charge is -2.23. The van der Waals surface area contributed by atoms with E-state index in [0.29, 0.717) is 23.8 Å². The zero-order valence-corrected chi connectivity index (χ0v) is 15.6. The molecule has 0 aliphatic carbocycles. The maximum absolute atomic E-state index is 12.3. The second-order valence-electron chi connectivity index (χ2n) is 5.56. The minimum atomic E-state index is -0.268. The van der Waals surface area contributed by atoms with Crippen LogP contribution in [0, 0.1) is 0 Å². The molecule has 7 nitrogen and oxygen atoms in total. The van der Waals surface area contributed by atoms with Gasteiger partial charge in [0.1, 0.15) is 0 Å². The van der Waals surface area contributed by atoms with Gasteiger partial charge in [0.05, 0.1) is 30.3 Å². The standard InChI is InChI=1S/C17H25ClN4O3/c1-4-19-15(23)11-22(5-2)17(25)12-21(3)10-16(24)20-14-9-7-6-8-13(14)18/h6-9H,4-5,10-12H2,1-3H3,(H,19,23)(H,20,24). The van der Waals surface area contributed by atoms with Crippen LogP contribution in [0.1, 0.15) is 13.8 Å². The van der Waals surface area contributed by atoms with Gasteiger partial charge in [-0.25, -0.2) is 0 Å². The van der Waals surface area contributed by atoms with E-state index in [4.69, 9.17) is 11.6 Å². The molecule has 0 fully saturated rings. The van der Waals surface area contributed by atoms with Crippen LogP contribution in [0.2, 0.25) is 5.02 Å². The summed E-state index contributed by atoms with van der Waals surface area (Å²) in [4.78, 5) is 39.0. The molecule has 0 bridgehead atoms. The number of carbonyl (C=O) groups is 3. The van der Waals surface area contributed by atoms with Crippen molar-refractivity contribution in [1.29, 1.82) is 0 Å². The number of rotatable bonds is 9. The van der Waals surface area contributed by atoms with E-state index in [1.54, 1.807) is 43.1 Å². The smallest absolute Gasteiger partial charge is 0.239 e. The number of halogens is 1. The summed E-state index contributed by atoms with van der Waals surface area (Å²) in [6.07, 6.45) is 0. The van der Waals surface area contributed by atoms with Crippen molar-refractivity contribution in [2.75, 3.05) is 45.1 Å². The Morgan fingerprint density at radius 2 is 1.72 bits per heavy atom. The fraction of sp³-hybridized carbons (Fsp3) is 0.471. The van der Waals surface area contributed by atoms with E-state index in [9.17, 15) is 14.4 Å². The number of anilines is 1. The predicted octanol–water partition coefficient (Wildman–Crippen LogP) is 1.19. The van der Waals surface area contributed by atoms with E-state index in [1.807, 2.05) is 6.92 Å². The quantitative estimate of drug-likeness (QED) is 0.686. The van der Waals surface area contributed by atoms with Crippen molar-refractivity contribution in [1.82, 2.24) is 15.1 Å². The number of benzene rings is 1. The lowest BCUT2D eigenvalue weighted by Crippen LogP contribution is -2.45. The van der Waals surface area contributed by atoms with E-state index >= 15 is 0 Å². The van der Waals surface area contributed by atoms with Gasteiger partial charge >= 0.3 is 0 Å². The number of nitrogens with one attached hydrogen (secondary N) is 2. The highest BCUT2D eigenvalue weighted by molar-refractivity contribution is 6.33. The number of likely N-dealkylation sites (N-methyl/N-ethyl adjacent to an activating group) is 3. The molecule has 0 spiro atoms. The van der Waals surface area contributed by atoms with Crippen molar-refractivity contribution in [2.45, 2.75) is 13.8 Å². The molecule has 0 aliphatic heterocycles. The molecule has 0 radical (unpaired) electrons. The van der Waals surface area contributed by atoms with Crippen LogP contribution in [0.25, 0.3) is 0 Å². The molecular weight excluding hydrogens is 344 g/mol. The molecule has 3 amide bonds. The van der Waals surface area contributed by atoms with Crippen LogP contribution in [0.5, 0.6) is 0 Å². The number of carbonyl (C=O) groups excluding carboxylic acids is 3. The summed E-state index contributed by atoms with van der Waals surface area (Å²) in [5, 5.41) is 5.82. The van der Waals surface area contributed by atoms with Gasteiger partial charge in [0.25, 0.3) is 0 Å². The van der Waals surface area contributed by atoms with Gasteiger partial charge in [0.15, 0.2) is 0 Å². The normalized spacial score (nSPS) is 10.4. The molecule has 0 aliphatic rings. The van der Waals surface area contributed by atoms with Crippen LogP contribution in [-0.4, -0.2) is 67.3 Å². The molecule has 1 rings (SSSR count). The third kappa shape index (κ3) is 7.53. The van der Waals surface area contributed by atoms with E-state index in [1.165, 1.54) is 4.90 Å². The molecule has 1 aromatic carbocycles. The summed E-state index contributed by atoms with van der Waals surface area (Å²) < 4.78 is 0. The second-order valence-corrected chi connectivity index (χ2v) is 5.97. The van der Waals surface area contributed by atoms with Gasteiger partial charge < -0.3 is 15.5 Å². The van der Waals surface area contributed by atoms with E-state index in [-0.39, 0.29) is 37.4 Å². The summed E-state index contributed by atoms with van der Waals surface area (Å²) in [5.74, 6) is -0.672. The average molecular weight is 369 g/mol. The maximum Gasteiger partial charge on any atom is 0.239 e. The zero-order valence-electron chi connectivity index (χ0n) is 14.8. The lowest BCUT2D eigenvalue weighted by atomic mass is 10.3. The summed E-state index contributed by atoms with van der Waals surface area (Å²) in [7, 11) is 1.67. The molecule has 0 unspecified atom stereocenters.